The maximum Gasteiger partial charge on any atom is 0.246 e. The number of H-pyrrole nitrogens is 1. The Balaban J connectivity index is 1.17. The van der Waals surface area contributed by atoms with Gasteiger partial charge in [-0.25, -0.2) is 13.2 Å². The molecule has 2 N–H and O–H groups in total. The highest BCUT2D eigenvalue weighted by atomic mass is 19.2. The number of fused-ring (bicyclic) bond motifs is 1. The number of nitrogens with one attached hydrogen (secondary N) is 2. The lowest BCUT2D eigenvalue weighted by Crippen LogP contribution is -2.52. The fraction of sp³-hybridized carbons (Fsp3) is 0.400. The summed E-state index contributed by atoms with van der Waals surface area (Å²) in [4.78, 5) is 31.4. The van der Waals surface area contributed by atoms with Crippen LogP contribution in [-0.2, 0) is 9.59 Å². The first-order valence-corrected chi connectivity index (χ1v) is 13.5. The molecule has 2 amide bonds. The number of carbonyl (C=O) groups excluding carboxylic acids is 2. The van der Waals surface area contributed by atoms with Crippen molar-refractivity contribution in [3.63, 3.8) is 0 Å². The van der Waals surface area contributed by atoms with Gasteiger partial charge in [0.1, 0.15) is 0 Å². The second kappa shape index (κ2) is 12.1. The Morgan fingerprint density at radius 3 is 2.41 bits per heavy atom. The number of aromatic nitrogens is 1. The number of amides is 2. The molecule has 3 heterocycles. The predicted octanol–water partition coefficient (Wildman–Crippen LogP) is 4.83. The van der Waals surface area contributed by atoms with Crippen LogP contribution in [0.1, 0.15) is 42.7 Å². The van der Waals surface area contributed by atoms with E-state index in [1.165, 1.54) is 23.1 Å². The Bertz CT molecular complexity index is 1320. The van der Waals surface area contributed by atoms with Gasteiger partial charge in [0.25, 0.3) is 0 Å². The number of likely N-dealkylation sites (tertiary alicyclic amines) is 2. The van der Waals surface area contributed by atoms with Crippen LogP contribution in [0.4, 0.5) is 13.2 Å². The van der Waals surface area contributed by atoms with Crippen LogP contribution >= 0.6 is 0 Å². The largest absolute Gasteiger partial charge is 0.361 e. The summed E-state index contributed by atoms with van der Waals surface area (Å²) < 4.78 is 40.1. The van der Waals surface area contributed by atoms with Gasteiger partial charge in [0.15, 0.2) is 17.5 Å². The lowest BCUT2D eigenvalue weighted by molar-refractivity contribution is -0.127. The standard InChI is InChI=1S/C30H33F3N4O2/c31-25-15-20(16-26(32)30(25)33)5-6-29(39)37-13-9-22(10-14-37)28(18-34-19-38)36-11-7-21(8-12-36)24-17-35-27-4-2-1-3-23(24)27/h1-6,15-17,19,21-22,28,35H,7-14,18H2,(H,34,38). The van der Waals surface area contributed by atoms with E-state index < -0.39 is 17.5 Å². The summed E-state index contributed by atoms with van der Waals surface area (Å²) in [6, 6.07) is 10.3. The molecular weight excluding hydrogens is 505 g/mol. The number of halogens is 3. The third kappa shape index (κ3) is 6.03. The van der Waals surface area contributed by atoms with E-state index in [4.69, 9.17) is 0 Å². The normalized spacial score (nSPS) is 18.6. The van der Waals surface area contributed by atoms with Crippen molar-refractivity contribution in [2.45, 2.75) is 37.6 Å². The second-order valence-electron chi connectivity index (χ2n) is 10.5. The van der Waals surface area contributed by atoms with Gasteiger partial charge in [-0.2, -0.15) is 0 Å². The predicted molar refractivity (Wildman–Crippen MR) is 144 cm³/mol. The van der Waals surface area contributed by atoms with Crippen LogP contribution in [0.2, 0.25) is 0 Å². The number of rotatable bonds is 8. The van der Waals surface area contributed by atoms with Gasteiger partial charge in [-0.1, -0.05) is 18.2 Å². The Kier molecular flexibility index (Phi) is 8.35. The molecule has 1 unspecified atom stereocenters. The molecule has 9 heteroatoms. The van der Waals surface area contributed by atoms with Gasteiger partial charge in [-0.3, -0.25) is 14.5 Å². The monoisotopic (exact) mass is 538 g/mol. The van der Waals surface area contributed by atoms with Crippen molar-refractivity contribution in [3.05, 3.63) is 77.2 Å². The lowest BCUT2D eigenvalue weighted by atomic mass is 9.84. The van der Waals surface area contributed by atoms with Crippen LogP contribution in [0.15, 0.2) is 48.7 Å². The Hall–Kier alpha value is -3.59. The van der Waals surface area contributed by atoms with Crippen molar-refractivity contribution in [1.29, 1.82) is 0 Å². The molecule has 6 nitrogen and oxygen atoms in total. The van der Waals surface area contributed by atoms with Gasteiger partial charge >= 0.3 is 0 Å². The van der Waals surface area contributed by atoms with Gasteiger partial charge < -0.3 is 15.2 Å². The zero-order chi connectivity index (χ0) is 27.4. The van der Waals surface area contributed by atoms with Gasteiger partial charge in [0, 0.05) is 48.9 Å². The Morgan fingerprint density at radius 1 is 1.03 bits per heavy atom. The minimum atomic E-state index is -1.53. The van der Waals surface area contributed by atoms with E-state index in [-0.39, 0.29) is 17.5 Å². The average molecular weight is 539 g/mol. The molecule has 2 aliphatic rings. The molecule has 2 fully saturated rings. The first-order valence-electron chi connectivity index (χ1n) is 13.5. The molecule has 206 valence electrons. The van der Waals surface area contributed by atoms with Crippen molar-refractivity contribution in [3.8, 4) is 0 Å². The number of nitrogens with zero attached hydrogens (tertiary/aromatic N) is 2. The van der Waals surface area contributed by atoms with Crippen LogP contribution in [-0.4, -0.2) is 65.9 Å². The van der Waals surface area contributed by atoms with Crippen molar-refractivity contribution in [1.82, 2.24) is 20.1 Å². The van der Waals surface area contributed by atoms with E-state index in [1.54, 1.807) is 4.90 Å². The molecule has 0 spiro atoms. The quantitative estimate of drug-likeness (QED) is 0.245. The third-order valence-electron chi connectivity index (χ3n) is 8.29. The van der Waals surface area contributed by atoms with E-state index in [0.29, 0.717) is 31.5 Å². The average Bonchev–Trinajstić information content (AvgIpc) is 3.40. The van der Waals surface area contributed by atoms with Crippen molar-refractivity contribution in [2.24, 2.45) is 5.92 Å². The van der Waals surface area contributed by atoms with Crippen molar-refractivity contribution < 1.29 is 22.8 Å². The highest BCUT2D eigenvalue weighted by Gasteiger charge is 2.34. The molecule has 2 aromatic carbocycles. The smallest absolute Gasteiger partial charge is 0.246 e. The molecule has 1 aromatic heterocycles. The minimum Gasteiger partial charge on any atom is -0.361 e. The number of carbonyl (C=O) groups is 2. The molecule has 2 aliphatic heterocycles. The molecule has 0 aliphatic carbocycles. The summed E-state index contributed by atoms with van der Waals surface area (Å²) in [5, 5.41) is 4.17. The van der Waals surface area contributed by atoms with E-state index in [0.717, 1.165) is 62.8 Å². The fourth-order valence-corrected chi connectivity index (χ4v) is 6.19. The summed E-state index contributed by atoms with van der Waals surface area (Å²) in [5.41, 5.74) is 2.63. The van der Waals surface area contributed by atoms with Crippen LogP contribution in [0.25, 0.3) is 17.0 Å². The Morgan fingerprint density at radius 2 is 1.72 bits per heavy atom. The summed E-state index contributed by atoms with van der Waals surface area (Å²) >= 11 is 0. The first kappa shape index (κ1) is 27.0. The second-order valence-corrected chi connectivity index (χ2v) is 10.5. The van der Waals surface area contributed by atoms with E-state index in [2.05, 4.69) is 39.6 Å². The third-order valence-corrected chi connectivity index (χ3v) is 8.29. The molecule has 0 bridgehead atoms. The Labute approximate surface area is 225 Å². The maximum absolute atomic E-state index is 13.5. The summed E-state index contributed by atoms with van der Waals surface area (Å²) in [5.74, 6) is -3.53. The zero-order valence-corrected chi connectivity index (χ0v) is 21.7. The molecular formula is C30H33F3N4O2. The van der Waals surface area contributed by atoms with Crippen LogP contribution < -0.4 is 5.32 Å². The van der Waals surface area contributed by atoms with Crippen LogP contribution in [0, 0.1) is 23.4 Å². The minimum absolute atomic E-state index is 0.0886. The van der Waals surface area contributed by atoms with Crippen molar-refractivity contribution in [2.75, 3.05) is 32.7 Å². The molecule has 5 rings (SSSR count). The highest BCUT2D eigenvalue weighted by Crippen LogP contribution is 2.35. The van der Waals surface area contributed by atoms with E-state index in [9.17, 15) is 22.8 Å². The summed E-state index contributed by atoms with van der Waals surface area (Å²) in [6.45, 7) is 3.58. The van der Waals surface area contributed by atoms with E-state index in [1.807, 2.05) is 6.07 Å². The maximum atomic E-state index is 13.5. The molecule has 0 saturated carbocycles. The van der Waals surface area contributed by atoms with Gasteiger partial charge in [-0.05, 0) is 86.0 Å². The van der Waals surface area contributed by atoms with Crippen molar-refractivity contribution >= 4 is 29.3 Å². The molecule has 3 aromatic rings. The number of para-hydroxylation sites is 1. The topological polar surface area (TPSA) is 68.4 Å². The van der Waals surface area contributed by atoms with Gasteiger partial charge in [0.05, 0.1) is 0 Å². The zero-order valence-electron chi connectivity index (χ0n) is 21.7. The molecule has 0 radical (unpaired) electrons. The van der Waals surface area contributed by atoms with Crippen LogP contribution in [0.5, 0.6) is 0 Å². The van der Waals surface area contributed by atoms with E-state index >= 15 is 0 Å². The fourth-order valence-electron chi connectivity index (χ4n) is 6.19. The molecule has 39 heavy (non-hydrogen) atoms. The molecule has 1 atom stereocenters. The molecule has 2 saturated heterocycles. The number of hydrogen-bond donors (Lipinski definition) is 2. The van der Waals surface area contributed by atoms with Gasteiger partial charge in [0.2, 0.25) is 12.3 Å². The number of piperidine rings is 2. The SMILES string of the molecule is O=CNCC(C1CCN(C(=O)C=Cc2cc(F)c(F)c(F)c2)CC1)N1CCC(c2c[nH]c3ccccc23)CC1. The van der Waals surface area contributed by atoms with Crippen LogP contribution in [0.3, 0.4) is 0 Å². The summed E-state index contributed by atoms with van der Waals surface area (Å²) in [6.07, 6.45) is 9.15. The highest BCUT2D eigenvalue weighted by molar-refractivity contribution is 5.91. The number of aromatic amines is 1. The number of benzene rings is 2. The first-order chi connectivity index (χ1) is 18.9. The lowest BCUT2D eigenvalue weighted by Gasteiger charge is -2.43. The van der Waals surface area contributed by atoms with Gasteiger partial charge in [-0.15, -0.1) is 0 Å². The number of hydrogen-bond acceptors (Lipinski definition) is 3. The summed E-state index contributed by atoms with van der Waals surface area (Å²) in [7, 11) is 0.